The van der Waals surface area contributed by atoms with Gasteiger partial charge in [0.15, 0.2) is 5.60 Å². The Balaban J connectivity index is 2.37. The van der Waals surface area contributed by atoms with Gasteiger partial charge in [0, 0.05) is 11.5 Å². The van der Waals surface area contributed by atoms with E-state index in [2.05, 4.69) is 0 Å². The normalized spacial score (nSPS) is 20.9. The summed E-state index contributed by atoms with van der Waals surface area (Å²) < 4.78 is 10.6. The number of carbonyl (C=O) groups is 1. The van der Waals surface area contributed by atoms with Crippen LogP contribution in [0.5, 0.6) is 5.75 Å². The number of para-hydroxylation sites is 1. The summed E-state index contributed by atoms with van der Waals surface area (Å²) in [5, 5.41) is 10.8. The Hall–Kier alpha value is -1.55. The van der Waals surface area contributed by atoms with Gasteiger partial charge in [-0.1, -0.05) is 25.1 Å². The molecule has 0 fully saturated rings. The summed E-state index contributed by atoms with van der Waals surface area (Å²) in [5.74, 6) is -0.0735. The lowest BCUT2D eigenvalue weighted by Crippen LogP contribution is -2.46. The van der Waals surface area contributed by atoms with E-state index in [1.165, 1.54) is 0 Å². The monoisotopic (exact) mass is 264 g/mol. The van der Waals surface area contributed by atoms with Gasteiger partial charge in [-0.15, -0.1) is 0 Å². The predicted molar refractivity (Wildman–Crippen MR) is 71.2 cm³/mol. The molecule has 0 aromatic heterocycles. The largest absolute Gasteiger partial charge is 0.493 e. The molecule has 0 saturated carbocycles. The van der Waals surface area contributed by atoms with E-state index in [-0.39, 0.29) is 12.5 Å². The van der Waals surface area contributed by atoms with E-state index in [1.807, 2.05) is 24.3 Å². The Morgan fingerprint density at radius 1 is 1.47 bits per heavy atom. The lowest BCUT2D eigenvalue weighted by Gasteiger charge is -2.36. The first-order chi connectivity index (χ1) is 9.13. The van der Waals surface area contributed by atoms with Crippen LogP contribution in [0.3, 0.4) is 0 Å². The van der Waals surface area contributed by atoms with Gasteiger partial charge in [0.2, 0.25) is 0 Å². The molecule has 1 aliphatic rings. The molecule has 0 radical (unpaired) electrons. The molecule has 19 heavy (non-hydrogen) atoms. The van der Waals surface area contributed by atoms with Crippen LogP contribution >= 0.6 is 0 Å². The Kier molecular flexibility index (Phi) is 4.10. The fraction of sp³-hybridized carbons (Fsp3) is 0.533. The standard InChI is InChI=1S/C15H20O4/c1-3-15(17,14(16)18-4-2)12-9-10-19-13-8-6-5-7-11(12)13/h5-8,12,17H,3-4,9-10H2,1-2H3. The first-order valence-corrected chi connectivity index (χ1v) is 6.74. The highest BCUT2D eigenvalue weighted by molar-refractivity contribution is 5.81. The van der Waals surface area contributed by atoms with Crippen molar-refractivity contribution in [1.29, 1.82) is 0 Å². The maximum absolute atomic E-state index is 12.1. The van der Waals surface area contributed by atoms with Crippen molar-refractivity contribution in [3.05, 3.63) is 29.8 Å². The molecule has 1 heterocycles. The number of hydrogen-bond donors (Lipinski definition) is 1. The molecule has 0 aliphatic carbocycles. The van der Waals surface area contributed by atoms with Crippen molar-refractivity contribution in [2.24, 2.45) is 0 Å². The van der Waals surface area contributed by atoms with Gasteiger partial charge in [0.1, 0.15) is 5.75 Å². The summed E-state index contributed by atoms with van der Waals surface area (Å²) in [7, 11) is 0. The second-order valence-electron chi connectivity index (χ2n) is 4.73. The Bertz CT molecular complexity index is 457. The van der Waals surface area contributed by atoms with Crippen molar-refractivity contribution >= 4 is 5.97 Å². The number of carbonyl (C=O) groups excluding carboxylic acids is 1. The summed E-state index contributed by atoms with van der Waals surface area (Å²) in [5.41, 5.74) is -0.596. The highest BCUT2D eigenvalue weighted by atomic mass is 16.5. The number of ether oxygens (including phenoxy) is 2. The van der Waals surface area contributed by atoms with Crippen LogP contribution in [0.1, 0.15) is 38.2 Å². The van der Waals surface area contributed by atoms with Gasteiger partial charge in [-0.3, -0.25) is 0 Å². The third kappa shape index (κ3) is 2.45. The highest BCUT2D eigenvalue weighted by Gasteiger charge is 2.46. The van der Waals surface area contributed by atoms with E-state index in [0.29, 0.717) is 19.4 Å². The van der Waals surface area contributed by atoms with E-state index < -0.39 is 11.6 Å². The number of benzene rings is 1. The van der Waals surface area contributed by atoms with Gasteiger partial charge in [0.05, 0.1) is 13.2 Å². The Morgan fingerprint density at radius 3 is 2.89 bits per heavy atom. The number of fused-ring (bicyclic) bond motifs is 1. The van der Waals surface area contributed by atoms with E-state index in [0.717, 1.165) is 11.3 Å². The van der Waals surface area contributed by atoms with Crippen LogP contribution in [-0.2, 0) is 9.53 Å². The number of esters is 1. The lowest BCUT2D eigenvalue weighted by molar-refractivity contribution is -0.169. The quantitative estimate of drug-likeness (QED) is 0.847. The van der Waals surface area contributed by atoms with Crippen molar-refractivity contribution < 1.29 is 19.4 Å². The maximum Gasteiger partial charge on any atom is 0.338 e. The van der Waals surface area contributed by atoms with Gasteiger partial charge in [0.25, 0.3) is 0 Å². The zero-order valence-corrected chi connectivity index (χ0v) is 11.4. The average Bonchev–Trinajstić information content (AvgIpc) is 2.46. The molecule has 1 aromatic rings. The van der Waals surface area contributed by atoms with Crippen molar-refractivity contribution in [2.45, 2.75) is 38.2 Å². The van der Waals surface area contributed by atoms with Crippen LogP contribution in [0.25, 0.3) is 0 Å². The zero-order valence-electron chi connectivity index (χ0n) is 11.4. The van der Waals surface area contributed by atoms with Crippen LogP contribution in [-0.4, -0.2) is 29.9 Å². The van der Waals surface area contributed by atoms with Crippen molar-refractivity contribution in [3.8, 4) is 5.75 Å². The molecule has 1 N–H and O–H groups in total. The number of hydrogen-bond acceptors (Lipinski definition) is 4. The van der Waals surface area contributed by atoms with Crippen LogP contribution in [0, 0.1) is 0 Å². The second-order valence-corrected chi connectivity index (χ2v) is 4.73. The summed E-state index contributed by atoms with van der Waals surface area (Å²) in [6, 6.07) is 7.54. The highest BCUT2D eigenvalue weighted by Crippen LogP contribution is 2.42. The molecule has 0 bridgehead atoms. The first kappa shape index (κ1) is 13.9. The molecule has 4 heteroatoms. The molecule has 1 aromatic carbocycles. The van der Waals surface area contributed by atoms with Gasteiger partial charge in [-0.2, -0.15) is 0 Å². The van der Waals surface area contributed by atoms with Gasteiger partial charge in [-0.25, -0.2) is 4.79 Å². The molecule has 4 nitrogen and oxygen atoms in total. The average molecular weight is 264 g/mol. The number of aliphatic hydroxyl groups is 1. The van der Waals surface area contributed by atoms with Gasteiger partial charge >= 0.3 is 5.97 Å². The van der Waals surface area contributed by atoms with Crippen LogP contribution in [0.4, 0.5) is 0 Å². The molecule has 0 spiro atoms. The summed E-state index contributed by atoms with van der Waals surface area (Å²) in [6.45, 7) is 4.32. The minimum absolute atomic E-state index is 0.270. The molecule has 0 amide bonds. The minimum atomic E-state index is -1.48. The third-order valence-electron chi connectivity index (χ3n) is 3.70. The SMILES string of the molecule is CCOC(=O)C(O)(CC)C1CCOc2ccccc21. The second kappa shape index (κ2) is 5.61. The van der Waals surface area contributed by atoms with E-state index >= 15 is 0 Å². The Labute approximate surface area is 113 Å². The minimum Gasteiger partial charge on any atom is -0.493 e. The molecule has 1 aliphatic heterocycles. The topological polar surface area (TPSA) is 55.8 Å². The predicted octanol–water partition coefficient (Wildman–Crippen LogP) is 2.26. The molecule has 2 unspecified atom stereocenters. The molecular formula is C15H20O4. The van der Waals surface area contributed by atoms with Crippen molar-refractivity contribution in [1.82, 2.24) is 0 Å². The summed E-state index contributed by atoms with van der Waals surface area (Å²) in [4.78, 5) is 12.1. The van der Waals surface area contributed by atoms with Crippen molar-refractivity contribution in [2.75, 3.05) is 13.2 Å². The van der Waals surface area contributed by atoms with Gasteiger partial charge in [-0.05, 0) is 25.8 Å². The van der Waals surface area contributed by atoms with E-state index in [4.69, 9.17) is 9.47 Å². The zero-order chi connectivity index (χ0) is 13.9. The maximum atomic E-state index is 12.1. The third-order valence-corrected chi connectivity index (χ3v) is 3.70. The smallest absolute Gasteiger partial charge is 0.338 e. The van der Waals surface area contributed by atoms with Gasteiger partial charge < -0.3 is 14.6 Å². The summed E-state index contributed by atoms with van der Waals surface area (Å²) >= 11 is 0. The van der Waals surface area contributed by atoms with E-state index in [9.17, 15) is 9.90 Å². The molecule has 0 saturated heterocycles. The molecular weight excluding hydrogens is 244 g/mol. The Morgan fingerprint density at radius 2 is 2.21 bits per heavy atom. The fourth-order valence-corrected chi connectivity index (χ4v) is 2.63. The molecule has 2 rings (SSSR count). The van der Waals surface area contributed by atoms with Crippen LogP contribution < -0.4 is 4.74 Å². The molecule has 2 atom stereocenters. The van der Waals surface area contributed by atoms with Crippen LogP contribution in [0.15, 0.2) is 24.3 Å². The fourth-order valence-electron chi connectivity index (χ4n) is 2.63. The lowest BCUT2D eigenvalue weighted by atomic mass is 9.77. The van der Waals surface area contributed by atoms with Crippen LogP contribution in [0.2, 0.25) is 0 Å². The molecule has 104 valence electrons. The van der Waals surface area contributed by atoms with E-state index in [1.54, 1.807) is 13.8 Å². The first-order valence-electron chi connectivity index (χ1n) is 6.74. The van der Waals surface area contributed by atoms with Crippen molar-refractivity contribution in [3.63, 3.8) is 0 Å². The summed E-state index contributed by atoms with van der Waals surface area (Å²) in [6.07, 6.45) is 0.936. The number of rotatable bonds is 4.